The van der Waals surface area contributed by atoms with Crippen molar-refractivity contribution in [2.24, 2.45) is 0 Å². The molecular weight excluding hydrogens is 226 g/mol. The summed E-state index contributed by atoms with van der Waals surface area (Å²) in [6, 6.07) is 1.87. The van der Waals surface area contributed by atoms with Crippen molar-refractivity contribution in [3.05, 3.63) is 24.0 Å². The first-order valence-corrected chi connectivity index (χ1v) is 6.80. The summed E-state index contributed by atoms with van der Waals surface area (Å²) in [6.07, 6.45) is 8.08. The number of hydrogen-bond donors (Lipinski definition) is 1. The number of likely N-dealkylation sites (tertiary alicyclic amines) is 1. The molecule has 0 radical (unpaired) electrons. The zero-order valence-electron chi connectivity index (χ0n) is 11.0. The smallest absolute Gasteiger partial charge is 0.257 e. The van der Waals surface area contributed by atoms with Gasteiger partial charge in [0.2, 0.25) is 0 Å². The standard InChI is InChI=1S/C14H21N3O/c1-2-16-13-7-8-15-11-12(13)14(18)17-9-5-3-4-6-10-17/h7-8,11H,2-6,9-10H2,1H3,(H,15,16). The highest BCUT2D eigenvalue weighted by Crippen LogP contribution is 2.18. The van der Waals surface area contributed by atoms with Gasteiger partial charge in [0, 0.05) is 32.0 Å². The molecule has 1 aromatic rings. The van der Waals surface area contributed by atoms with Gasteiger partial charge in [0.25, 0.3) is 5.91 Å². The second-order valence-electron chi connectivity index (χ2n) is 4.66. The van der Waals surface area contributed by atoms with E-state index in [1.165, 1.54) is 12.8 Å². The van der Waals surface area contributed by atoms with Crippen LogP contribution >= 0.6 is 0 Å². The van der Waals surface area contributed by atoms with E-state index in [9.17, 15) is 4.79 Å². The van der Waals surface area contributed by atoms with Crippen molar-refractivity contribution in [2.75, 3.05) is 25.0 Å². The number of pyridine rings is 1. The highest BCUT2D eigenvalue weighted by atomic mass is 16.2. The minimum absolute atomic E-state index is 0.112. The van der Waals surface area contributed by atoms with Crippen LogP contribution in [0.2, 0.25) is 0 Å². The maximum atomic E-state index is 12.5. The topological polar surface area (TPSA) is 45.2 Å². The first kappa shape index (κ1) is 12.9. The van der Waals surface area contributed by atoms with Gasteiger partial charge in [-0.2, -0.15) is 0 Å². The van der Waals surface area contributed by atoms with Gasteiger partial charge in [0.05, 0.1) is 11.3 Å². The van der Waals surface area contributed by atoms with E-state index in [1.807, 2.05) is 17.9 Å². The van der Waals surface area contributed by atoms with Crippen molar-refractivity contribution in [3.8, 4) is 0 Å². The number of aromatic nitrogens is 1. The number of anilines is 1. The summed E-state index contributed by atoms with van der Waals surface area (Å²) in [7, 11) is 0. The number of rotatable bonds is 3. The van der Waals surface area contributed by atoms with Gasteiger partial charge in [0.15, 0.2) is 0 Å². The molecule has 98 valence electrons. The normalized spacial score (nSPS) is 16.2. The molecule has 2 rings (SSSR count). The van der Waals surface area contributed by atoms with Crippen molar-refractivity contribution in [1.29, 1.82) is 0 Å². The van der Waals surface area contributed by atoms with Gasteiger partial charge >= 0.3 is 0 Å². The molecule has 1 N–H and O–H groups in total. The number of nitrogens with zero attached hydrogens (tertiary/aromatic N) is 2. The fourth-order valence-electron chi connectivity index (χ4n) is 2.35. The Morgan fingerprint density at radius 1 is 1.33 bits per heavy atom. The second-order valence-corrected chi connectivity index (χ2v) is 4.66. The number of amides is 1. The van der Waals surface area contributed by atoms with Crippen LogP contribution in [-0.2, 0) is 0 Å². The first-order valence-electron chi connectivity index (χ1n) is 6.80. The molecule has 0 saturated carbocycles. The van der Waals surface area contributed by atoms with Gasteiger partial charge in [-0.3, -0.25) is 9.78 Å². The summed E-state index contributed by atoms with van der Waals surface area (Å²) in [4.78, 5) is 18.5. The molecule has 0 spiro atoms. The van der Waals surface area contributed by atoms with Crippen molar-refractivity contribution >= 4 is 11.6 Å². The third-order valence-electron chi connectivity index (χ3n) is 3.31. The van der Waals surface area contributed by atoms with Crippen LogP contribution in [0.1, 0.15) is 43.0 Å². The Kier molecular flexibility index (Phi) is 4.56. The molecule has 1 amide bonds. The molecule has 0 atom stereocenters. The molecule has 1 aromatic heterocycles. The number of carbonyl (C=O) groups is 1. The lowest BCUT2D eigenvalue weighted by Gasteiger charge is -2.21. The van der Waals surface area contributed by atoms with Gasteiger partial charge in [-0.1, -0.05) is 12.8 Å². The number of nitrogens with one attached hydrogen (secondary N) is 1. The molecule has 18 heavy (non-hydrogen) atoms. The molecule has 0 aliphatic carbocycles. The number of carbonyl (C=O) groups excluding carboxylic acids is 1. The largest absolute Gasteiger partial charge is 0.385 e. The third kappa shape index (κ3) is 3.00. The van der Waals surface area contributed by atoms with Crippen LogP contribution in [-0.4, -0.2) is 35.4 Å². The van der Waals surface area contributed by atoms with Gasteiger partial charge in [-0.15, -0.1) is 0 Å². The summed E-state index contributed by atoms with van der Waals surface area (Å²) in [5.74, 6) is 0.112. The lowest BCUT2D eigenvalue weighted by Crippen LogP contribution is -2.32. The average molecular weight is 247 g/mol. The Bertz CT molecular complexity index is 398. The quantitative estimate of drug-likeness (QED) is 0.892. The van der Waals surface area contributed by atoms with Crippen molar-refractivity contribution in [2.45, 2.75) is 32.6 Å². The lowest BCUT2D eigenvalue weighted by atomic mass is 10.2. The van der Waals surface area contributed by atoms with E-state index in [0.717, 1.165) is 38.2 Å². The molecule has 4 heteroatoms. The molecule has 0 unspecified atom stereocenters. The summed E-state index contributed by atoms with van der Waals surface area (Å²) in [6.45, 7) is 4.59. The van der Waals surface area contributed by atoms with E-state index < -0.39 is 0 Å². The summed E-state index contributed by atoms with van der Waals surface area (Å²) < 4.78 is 0. The maximum absolute atomic E-state index is 12.5. The molecule has 0 bridgehead atoms. The second kappa shape index (κ2) is 6.38. The molecule has 1 fully saturated rings. The minimum atomic E-state index is 0.112. The molecule has 2 heterocycles. The van der Waals surface area contributed by atoms with Gasteiger partial charge < -0.3 is 10.2 Å². The molecule has 1 aliphatic heterocycles. The predicted octanol–water partition coefficient (Wildman–Crippen LogP) is 2.53. The average Bonchev–Trinajstić information content (AvgIpc) is 2.68. The van der Waals surface area contributed by atoms with Crippen LogP contribution in [0, 0.1) is 0 Å². The van der Waals surface area contributed by atoms with Crippen molar-refractivity contribution in [3.63, 3.8) is 0 Å². The lowest BCUT2D eigenvalue weighted by molar-refractivity contribution is 0.0762. The van der Waals surface area contributed by atoms with E-state index in [0.29, 0.717) is 5.56 Å². The summed E-state index contributed by atoms with van der Waals surface area (Å²) in [5.41, 5.74) is 1.59. The van der Waals surface area contributed by atoms with E-state index in [4.69, 9.17) is 0 Å². The van der Waals surface area contributed by atoms with Crippen LogP contribution in [0.3, 0.4) is 0 Å². The zero-order chi connectivity index (χ0) is 12.8. The maximum Gasteiger partial charge on any atom is 0.257 e. The Hall–Kier alpha value is -1.58. The Morgan fingerprint density at radius 2 is 2.06 bits per heavy atom. The highest BCUT2D eigenvalue weighted by Gasteiger charge is 2.19. The molecule has 4 nitrogen and oxygen atoms in total. The van der Waals surface area contributed by atoms with Crippen molar-refractivity contribution < 1.29 is 4.79 Å². The summed E-state index contributed by atoms with van der Waals surface area (Å²) >= 11 is 0. The van der Waals surface area contributed by atoms with Crippen LogP contribution in [0.5, 0.6) is 0 Å². The predicted molar refractivity (Wildman–Crippen MR) is 72.8 cm³/mol. The fraction of sp³-hybridized carbons (Fsp3) is 0.571. The fourth-order valence-corrected chi connectivity index (χ4v) is 2.35. The highest BCUT2D eigenvalue weighted by molar-refractivity contribution is 5.99. The molecule has 1 saturated heterocycles. The van der Waals surface area contributed by atoms with Crippen LogP contribution < -0.4 is 5.32 Å². The Balaban J connectivity index is 2.16. The van der Waals surface area contributed by atoms with E-state index in [-0.39, 0.29) is 5.91 Å². The van der Waals surface area contributed by atoms with Gasteiger partial charge in [0.1, 0.15) is 0 Å². The monoisotopic (exact) mass is 247 g/mol. The molecule has 1 aliphatic rings. The van der Waals surface area contributed by atoms with E-state index >= 15 is 0 Å². The van der Waals surface area contributed by atoms with Gasteiger partial charge in [-0.25, -0.2) is 0 Å². The zero-order valence-corrected chi connectivity index (χ0v) is 11.0. The third-order valence-corrected chi connectivity index (χ3v) is 3.31. The number of hydrogen-bond acceptors (Lipinski definition) is 3. The molecular formula is C14H21N3O. The first-order chi connectivity index (χ1) is 8.83. The van der Waals surface area contributed by atoms with E-state index in [2.05, 4.69) is 10.3 Å². The van der Waals surface area contributed by atoms with E-state index in [1.54, 1.807) is 12.4 Å². The van der Waals surface area contributed by atoms with Crippen LogP contribution in [0.4, 0.5) is 5.69 Å². The van der Waals surface area contributed by atoms with Crippen LogP contribution in [0.25, 0.3) is 0 Å². The van der Waals surface area contributed by atoms with Gasteiger partial charge in [-0.05, 0) is 25.8 Å². The van der Waals surface area contributed by atoms with Crippen LogP contribution in [0.15, 0.2) is 18.5 Å². The summed E-state index contributed by atoms with van der Waals surface area (Å²) in [5, 5.41) is 3.22. The Labute approximate surface area is 108 Å². The minimum Gasteiger partial charge on any atom is -0.385 e. The van der Waals surface area contributed by atoms with Crippen molar-refractivity contribution in [1.82, 2.24) is 9.88 Å². The Morgan fingerprint density at radius 3 is 2.72 bits per heavy atom. The molecule has 0 aromatic carbocycles. The SMILES string of the molecule is CCNc1ccncc1C(=O)N1CCCCCC1.